The van der Waals surface area contributed by atoms with Crippen LogP contribution < -0.4 is 15.2 Å². The van der Waals surface area contributed by atoms with E-state index >= 15 is 0 Å². The number of aromatic nitrogens is 2. The molecule has 0 radical (unpaired) electrons. The van der Waals surface area contributed by atoms with Gasteiger partial charge >= 0.3 is 12.2 Å². The molecule has 1 aromatic carbocycles. The summed E-state index contributed by atoms with van der Waals surface area (Å²) in [5.41, 5.74) is 5.50. The first-order valence-electron chi connectivity index (χ1n) is 9.17. The van der Waals surface area contributed by atoms with Gasteiger partial charge in [0, 0.05) is 17.8 Å². The molecule has 2 aromatic rings. The Labute approximate surface area is 164 Å². The number of nitrogens with zero attached hydrogens (tertiary/aromatic N) is 2. The van der Waals surface area contributed by atoms with Gasteiger partial charge in [-0.15, -0.1) is 0 Å². The molecule has 0 saturated carbocycles. The Bertz CT molecular complexity index is 737. The highest BCUT2D eigenvalue weighted by Gasteiger charge is 2.35. The van der Waals surface area contributed by atoms with Crippen molar-refractivity contribution in [3.8, 4) is 23.0 Å². The summed E-state index contributed by atoms with van der Waals surface area (Å²) in [7, 11) is 1.39. The lowest BCUT2D eigenvalue weighted by molar-refractivity contribution is -0.139. The normalized spacial score (nSPS) is 13.2. The average molecular weight is 399 g/mol. The Kier molecular flexibility index (Phi) is 9.18. The zero-order valence-corrected chi connectivity index (χ0v) is 16.9. The van der Waals surface area contributed by atoms with Gasteiger partial charge in [0.2, 0.25) is 0 Å². The smallest absolute Gasteiger partial charge is 0.419 e. The molecule has 2 unspecified atom stereocenters. The molecule has 28 heavy (non-hydrogen) atoms. The first-order valence-corrected chi connectivity index (χ1v) is 9.17. The molecule has 2 N–H and O–H groups in total. The minimum absolute atomic E-state index is 0.0363. The van der Waals surface area contributed by atoms with E-state index < -0.39 is 11.7 Å². The van der Waals surface area contributed by atoms with Gasteiger partial charge in [0.1, 0.15) is 5.75 Å². The number of nitrogens with two attached hydrogens (primary N) is 1. The van der Waals surface area contributed by atoms with Gasteiger partial charge in [-0.05, 0) is 43.5 Å². The van der Waals surface area contributed by atoms with Gasteiger partial charge in [-0.1, -0.05) is 20.8 Å². The van der Waals surface area contributed by atoms with E-state index in [0.29, 0.717) is 17.7 Å². The van der Waals surface area contributed by atoms with Gasteiger partial charge in [-0.3, -0.25) is 0 Å². The van der Waals surface area contributed by atoms with Crippen molar-refractivity contribution < 1.29 is 22.6 Å². The summed E-state index contributed by atoms with van der Waals surface area (Å²) in [6.45, 7) is 7.89. The number of benzene rings is 1. The fraction of sp³-hybridized carbons (Fsp3) is 0.500. The van der Waals surface area contributed by atoms with E-state index in [1.807, 2.05) is 27.7 Å². The summed E-state index contributed by atoms with van der Waals surface area (Å²) < 4.78 is 50.7. The minimum Gasteiger partial charge on any atom is -0.493 e. The second-order valence-corrected chi connectivity index (χ2v) is 6.27. The van der Waals surface area contributed by atoms with Crippen molar-refractivity contribution in [2.75, 3.05) is 13.7 Å². The summed E-state index contributed by atoms with van der Waals surface area (Å²) in [5, 5.41) is 0. The molecular weight excluding hydrogens is 371 g/mol. The standard InChI is InChI=1S/C18H22F3N3O2.C2H6/c1-11(8-12(2)22)10-26-16-5-4-13(9-14(16)18(19,20)21)15-6-7-23-17(24-15)25-3;1-2/h4-7,9,11-12H,8,10,22H2,1-3H3;1-2H3. The van der Waals surface area contributed by atoms with Gasteiger partial charge in [-0.2, -0.15) is 18.2 Å². The van der Waals surface area contributed by atoms with E-state index in [1.165, 1.54) is 31.5 Å². The van der Waals surface area contributed by atoms with Crippen LogP contribution in [-0.4, -0.2) is 29.7 Å². The summed E-state index contributed by atoms with van der Waals surface area (Å²) in [4.78, 5) is 7.92. The minimum atomic E-state index is -4.55. The number of alkyl halides is 3. The number of methoxy groups -OCH3 is 1. The molecule has 0 bridgehead atoms. The Hall–Kier alpha value is -2.35. The average Bonchev–Trinajstić information content (AvgIpc) is 2.66. The monoisotopic (exact) mass is 399 g/mol. The van der Waals surface area contributed by atoms with Crippen molar-refractivity contribution in [3.05, 3.63) is 36.0 Å². The highest BCUT2D eigenvalue weighted by atomic mass is 19.4. The van der Waals surface area contributed by atoms with E-state index in [2.05, 4.69) is 9.97 Å². The van der Waals surface area contributed by atoms with Gasteiger partial charge < -0.3 is 15.2 Å². The number of rotatable bonds is 7. The molecule has 1 heterocycles. The van der Waals surface area contributed by atoms with Crippen molar-refractivity contribution in [2.24, 2.45) is 11.7 Å². The van der Waals surface area contributed by atoms with Crippen LogP contribution >= 0.6 is 0 Å². The van der Waals surface area contributed by atoms with Crippen molar-refractivity contribution in [1.29, 1.82) is 0 Å². The van der Waals surface area contributed by atoms with Gasteiger partial charge in [0.25, 0.3) is 0 Å². The van der Waals surface area contributed by atoms with Crippen LogP contribution in [0.1, 0.15) is 39.7 Å². The van der Waals surface area contributed by atoms with E-state index in [0.717, 1.165) is 6.07 Å². The lowest BCUT2D eigenvalue weighted by Gasteiger charge is -2.18. The molecule has 8 heteroatoms. The molecule has 2 atom stereocenters. The highest BCUT2D eigenvalue weighted by Crippen LogP contribution is 2.38. The Morgan fingerprint density at radius 1 is 1.14 bits per heavy atom. The molecule has 0 aliphatic carbocycles. The Morgan fingerprint density at radius 2 is 1.82 bits per heavy atom. The molecule has 1 aromatic heterocycles. The Morgan fingerprint density at radius 3 is 2.39 bits per heavy atom. The van der Waals surface area contributed by atoms with E-state index in [9.17, 15) is 13.2 Å². The van der Waals surface area contributed by atoms with Gasteiger partial charge in [-0.25, -0.2) is 4.98 Å². The first-order chi connectivity index (χ1) is 13.2. The number of halogens is 3. The van der Waals surface area contributed by atoms with Crippen LogP contribution in [0.15, 0.2) is 30.5 Å². The zero-order chi connectivity index (χ0) is 21.3. The predicted molar refractivity (Wildman–Crippen MR) is 103 cm³/mol. The second kappa shape index (κ2) is 10.8. The maximum Gasteiger partial charge on any atom is 0.419 e. The summed E-state index contributed by atoms with van der Waals surface area (Å²) in [6.07, 6.45) is -2.46. The van der Waals surface area contributed by atoms with Crippen LogP contribution in [0.4, 0.5) is 13.2 Å². The van der Waals surface area contributed by atoms with Crippen LogP contribution in [0.25, 0.3) is 11.3 Å². The summed E-state index contributed by atoms with van der Waals surface area (Å²) in [6, 6.07) is 5.43. The SMILES string of the molecule is CC.COc1nccc(-c2ccc(OCC(C)CC(C)N)c(C(F)(F)F)c2)n1. The van der Waals surface area contributed by atoms with E-state index in [-0.39, 0.29) is 30.3 Å². The van der Waals surface area contributed by atoms with Gasteiger partial charge in [0.05, 0.1) is 25.0 Å². The molecule has 0 aliphatic rings. The number of hydrogen-bond donors (Lipinski definition) is 1. The third-order valence-corrected chi connectivity index (χ3v) is 3.69. The fourth-order valence-corrected chi connectivity index (χ4v) is 2.57. The molecule has 156 valence electrons. The van der Waals surface area contributed by atoms with Crippen LogP contribution in [0, 0.1) is 5.92 Å². The number of hydrogen-bond acceptors (Lipinski definition) is 5. The predicted octanol–water partition coefficient (Wildman–Crippen LogP) is 4.95. The third-order valence-electron chi connectivity index (χ3n) is 3.69. The third kappa shape index (κ3) is 6.99. The molecule has 0 fully saturated rings. The molecular formula is C20H28F3N3O2. The molecule has 0 aliphatic heterocycles. The van der Waals surface area contributed by atoms with Crippen molar-refractivity contribution in [3.63, 3.8) is 0 Å². The maximum absolute atomic E-state index is 13.5. The van der Waals surface area contributed by atoms with E-state index in [1.54, 1.807) is 0 Å². The quantitative estimate of drug-likeness (QED) is 0.713. The van der Waals surface area contributed by atoms with Crippen molar-refractivity contribution in [1.82, 2.24) is 9.97 Å². The molecule has 0 saturated heterocycles. The van der Waals surface area contributed by atoms with Crippen LogP contribution in [0.5, 0.6) is 11.8 Å². The van der Waals surface area contributed by atoms with Gasteiger partial charge in [0.15, 0.2) is 0 Å². The zero-order valence-electron chi connectivity index (χ0n) is 16.9. The molecule has 2 rings (SSSR count). The van der Waals surface area contributed by atoms with Crippen LogP contribution in [0.3, 0.4) is 0 Å². The van der Waals surface area contributed by atoms with Crippen molar-refractivity contribution in [2.45, 2.75) is 46.3 Å². The molecule has 5 nitrogen and oxygen atoms in total. The summed E-state index contributed by atoms with van der Waals surface area (Å²) >= 11 is 0. The number of ether oxygens (including phenoxy) is 2. The first kappa shape index (κ1) is 23.7. The van der Waals surface area contributed by atoms with Crippen LogP contribution in [-0.2, 0) is 6.18 Å². The maximum atomic E-state index is 13.5. The lowest BCUT2D eigenvalue weighted by Crippen LogP contribution is -2.22. The highest BCUT2D eigenvalue weighted by molar-refractivity contribution is 5.62. The fourth-order valence-electron chi connectivity index (χ4n) is 2.57. The van der Waals surface area contributed by atoms with Crippen LogP contribution in [0.2, 0.25) is 0 Å². The Balaban J connectivity index is 0.00000190. The largest absolute Gasteiger partial charge is 0.493 e. The summed E-state index contributed by atoms with van der Waals surface area (Å²) in [5.74, 6) is -0.166. The van der Waals surface area contributed by atoms with Crippen molar-refractivity contribution >= 4 is 0 Å². The second-order valence-electron chi connectivity index (χ2n) is 6.27. The lowest BCUT2D eigenvalue weighted by atomic mass is 10.0. The topological polar surface area (TPSA) is 70.3 Å². The molecule has 0 amide bonds. The van der Waals surface area contributed by atoms with E-state index in [4.69, 9.17) is 15.2 Å². The molecule has 0 spiro atoms.